The van der Waals surface area contributed by atoms with Gasteiger partial charge < -0.3 is 15.4 Å². The van der Waals surface area contributed by atoms with Gasteiger partial charge in [0, 0.05) is 24.7 Å². The Hall–Kier alpha value is -0.910. The maximum Gasteiger partial charge on any atom is 0.252 e. The highest BCUT2D eigenvalue weighted by molar-refractivity contribution is 9.10. The topological polar surface area (TPSA) is 50.4 Å². The third-order valence-electron chi connectivity index (χ3n) is 3.14. The zero-order valence-corrected chi connectivity index (χ0v) is 12.1. The third-order valence-corrected chi connectivity index (χ3v) is 3.84. The number of benzene rings is 1. The first-order chi connectivity index (χ1) is 8.61. The molecule has 98 valence electrons. The molecule has 1 aromatic carbocycles. The molecule has 0 aromatic heterocycles. The highest BCUT2D eigenvalue weighted by atomic mass is 79.9. The molecule has 1 aliphatic rings. The molecule has 2 rings (SSSR count). The van der Waals surface area contributed by atoms with Gasteiger partial charge in [0.2, 0.25) is 0 Å². The van der Waals surface area contributed by atoms with Crippen molar-refractivity contribution >= 4 is 21.8 Å². The van der Waals surface area contributed by atoms with E-state index in [9.17, 15) is 4.79 Å². The lowest BCUT2D eigenvalue weighted by molar-refractivity contribution is 0.0779. The average molecular weight is 313 g/mol. The van der Waals surface area contributed by atoms with Crippen molar-refractivity contribution in [3.63, 3.8) is 0 Å². The number of amides is 1. The van der Waals surface area contributed by atoms with Gasteiger partial charge in [-0.2, -0.15) is 0 Å². The van der Waals surface area contributed by atoms with E-state index in [1.165, 1.54) is 0 Å². The van der Waals surface area contributed by atoms with Gasteiger partial charge in [-0.3, -0.25) is 4.79 Å². The summed E-state index contributed by atoms with van der Waals surface area (Å²) in [5.74, 6) is -0.0682. The average Bonchev–Trinajstić information content (AvgIpc) is 2.79. The molecule has 4 nitrogen and oxygen atoms in total. The van der Waals surface area contributed by atoms with Crippen molar-refractivity contribution in [2.45, 2.75) is 19.1 Å². The van der Waals surface area contributed by atoms with Gasteiger partial charge in [0.15, 0.2) is 0 Å². The fourth-order valence-electron chi connectivity index (χ4n) is 2.11. The minimum Gasteiger partial charge on any atom is -0.378 e. The highest BCUT2D eigenvalue weighted by Crippen LogP contribution is 2.18. The number of methoxy groups -OCH3 is 1. The van der Waals surface area contributed by atoms with E-state index in [4.69, 9.17) is 4.74 Å². The minimum absolute atomic E-state index is 0.0231. The Morgan fingerprint density at radius 3 is 3.00 bits per heavy atom. The van der Waals surface area contributed by atoms with E-state index in [-0.39, 0.29) is 18.1 Å². The number of carbonyl (C=O) groups is 1. The molecular weight excluding hydrogens is 296 g/mol. The molecule has 0 aliphatic carbocycles. The molecule has 0 radical (unpaired) electrons. The predicted molar refractivity (Wildman–Crippen MR) is 73.8 cm³/mol. The van der Waals surface area contributed by atoms with Crippen LogP contribution in [0.1, 0.15) is 15.9 Å². The zero-order valence-electron chi connectivity index (χ0n) is 10.5. The Morgan fingerprint density at radius 1 is 1.50 bits per heavy atom. The molecule has 1 aliphatic heterocycles. The lowest BCUT2D eigenvalue weighted by Crippen LogP contribution is -2.43. The summed E-state index contributed by atoms with van der Waals surface area (Å²) < 4.78 is 6.14. The quantitative estimate of drug-likeness (QED) is 0.889. The van der Waals surface area contributed by atoms with Gasteiger partial charge in [-0.05, 0) is 35.0 Å². The van der Waals surface area contributed by atoms with Crippen LogP contribution in [-0.2, 0) is 4.74 Å². The number of nitrogens with one attached hydrogen (secondary N) is 2. The molecule has 1 heterocycles. The van der Waals surface area contributed by atoms with Gasteiger partial charge >= 0.3 is 0 Å². The van der Waals surface area contributed by atoms with Crippen LogP contribution in [0.2, 0.25) is 0 Å². The number of rotatable bonds is 3. The second-order valence-corrected chi connectivity index (χ2v) is 5.35. The van der Waals surface area contributed by atoms with Gasteiger partial charge in [0.1, 0.15) is 0 Å². The molecule has 0 saturated carbocycles. The van der Waals surface area contributed by atoms with E-state index >= 15 is 0 Å². The summed E-state index contributed by atoms with van der Waals surface area (Å²) in [6.07, 6.45) is 0.0394. The fraction of sp³-hybridized carbons (Fsp3) is 0.462. The van der Waals surface area contributed by atoms with Gasteiger partial charge in [-0.1, -0.05) is 11.6 Å². The van der Waals surface area contributed by atoms with E-state index in [1.807, 2.05) is 25.1 Å². The van der Waals surface area contributed by atoms with Crippen molar-refractivity contribution in [3.8, 4) is 0 Å². The Kier molecular flexibility index (Phi) is 4.37. The summed E-state index contributed by atoms with van der Waals surface area (Å²) in [4.78, 5) is 12.2. The smallest absolute Gasteiger partial charge is 0.252 e. The Balaban J connectivity index is 2.09. The zero-order chi connectivity index (χ0) is 13.1. The summed E-state index contributed by atoms with van der Waals surface area (Å²) in [5, 5.41) is 6.21. The lowest BCUT2D eigenvalue weighted by Gasteiger charge is -2.19. The van der Waals surface area contributed by atoms with Gasteiger partial charge in [0.25, 0.3) is 5.91 Å². The van der Waals surface area contributed by atoms with E-state index in [2.05, 4.69) is 26.6 Å². The lowest BCUT2D eigenvalue weighted by atomic mass is 10.1. The van der Waals surface area contributed by atoms with Crippen molar-refractivity contribution in [1.82, 2.24) is 10.6 Å². The molecular formula is C13H17BrN2O2. The minimum atomic E-state index is -0.0682. The number of ether oxygens (including phenoxy) is 1. The second kappa shape index (κ2) is 5.82. The molecule has 1 fully saturated rings. The Morgan fingerprint density at radius 2 is 2.28 bits per heavy atom. The molecule has 1 amide bonds. The number of halogens is 1. The van der Waals surface area contributed by atoms with Gasteiger partial charge in [0.05, 0.1) is 17.7 Å². The molecule has 2 atom stereocenters. The van der Waals surface area contributed by atoms with Gasteiger partial charge in [-0.15, -0.1) is 0 Å². The molecule has 1 aromatic rings. The van der Waals surface area contributed by atoms with Crippen LogP contribution < -0.4 is 10.6 Å². The first kappa shape index (κ1) is 13.5. The van der Waals surface area contributed by atoms with Crippen molar-refractivity contribution in [2.24, 2.45) is 0 Å². The normalized spacial score (nSPS) is 23.1. The van der Waals surface area contributed by atoms with Crippen LogP contribution >= 0.6 is 15.9 Å². The maximum absolute atomic E-state index is 12.2. The molecule has 0 bridgehead atoms. The Labute approximate surface area is 115 Å². The van der Waals surface area contributed by atoms with E-state index in [0.29, 0.717) is 5.56 Å². The maximum atomic E-state index is 12.2. The molecule has 5 heteroatoms. The van der Waals surface area contributed by atoms with Crippen molar-refractivity contribution in [3.05, 3.63) is 33.8 Å². The van der Waals surface area contributed by atoms with Crippen LogP contribution in [0.15, 0.2) is 22.7 Å². The second-order valence-electron chi connectivity index (χ2n) is 4.50. The molecule has 1 saturated heterocycles. The van der Waals surface area contributed by atoms with Crippen LogP contribution in [-0.4, -0.2) is 38.3 Å². The van der Waals surface area contributed by atoms with E-state index in [1.54, 1.807) is 7.11 Å². The monoisotopic (exact) mass is 312 g/mol. The Bertz CT molecular complexity index is 451. The van der Waals surface area contributed by atoms with E-state index < -0.39 is 0 Å². The molecule has 0 spiro atoms. The fourth-order valence-corrected chi connectivity index (χ4v) is 2.53. The van der Waals surface area contributed by atoms with Crippen LogP contribution in [0, 0.1) is 6.92 Å². The number of hydrogen-bond acceptors (Lipinski definition) is 3. The summed E-state index contributed by atoms with van der Waals surface area (Å²) in [6.45, 7) is 3.49. The highest BCUT2D eigenvalue weighted by Gasteiger charge is 2.28. The summed E-state index contributed by atoms with van der Waals surface area (Å²) >= 11 is 3.40. The molecule has 2 N–H and O–H groups in total. The van der Waals surface area contributed by atoms with Crippen molar-refractivity contribution in [1.29, 1.82) is 0 Å². The number of carbonyl (C=O) groups excluding carboxylic acids is 1. The van der Waals surface area contributed by atoms with E-state index in [0.717, 1.165) is 23.1 Å². The first-order valence-electron chi connectivity index (χ1n) is 5.92. The number of aryl methyl sites for hydroxylation is 1. The molecule has 1 unspecified atom stereocenters. The van der Waals surface area contributed by atoms with Crippen molar-refractivity contribution < 1.29 is 9.53 Å². The first-order valence-corrected chi connectivity index (χ1v) is 6.71. The largest absolute Gasteiger partial charge is 0.378 e. The van der Waals surface area contributed by atoms with Crippen LogP contribution in [0.5, 0.6) is 0 Å². The third kappa shape index (κ3) is 2.91. The summed E-state index contributed by atoms with van der Waals surface area (Å²) in [6, 6.07) is 5.76. The van der Waals surface area contributed by atoms with Gasteiger partial charge in [-0.25, -0.2) is 0 Å². The molecule has 18 heavy (non-hydrogen) atoms. The summed E-state index contributed by atoms with van der Waals surface area (Å²) in [7, 11) is 1.67. The standard InChI is InChI=1S/C13H17BrN2O2/c1-8-3-4-10(14)9(5-8)13(17)16-11-6-15-7-12(11)18-2/h3-5,11-12,15H,6-7H2,1-2H3,(H,16,17)/t11?,12-/m0/s1. The van der Waals surface area contributed by atoms with Crippen LogP contribution in [0.4, 0.5) is 0 Å². The number of hydrogen-bond donors (Lipinski definition) is 2. The van der Waals surface area contributed by atoms with Crippen LogP contribution in [0.25, 0.3) is 0 Å². The van der Waals surface area contributed by atoms with Crippen LogP contribution in [0.3, 0.4) is 0 Å². The predicted octanol–water partition coefficient (Wildman–Crippen LogP) is 1.47. The SMILES string of the molecule is CO[C@H]1CNCC1NC(=O)c1cc(C)ccc1Br. The summed E-state index contributed by atoms with van der Waals surface area (Å²) in [5.41, 5.74) is 1.73. The van der Waals surface area contributed by atoms with Crippen molar-refractivity contribution in [2.75, 3.05) is 20.2 Å².